The molecule has 0 saturated carbocycles. The van der Waals surface area contributed by atoms with Gasteiger partial charge in [-0.1, -0.05) is 18.2 Å². The predicted octanol–water partition coefficient (Wildman–Crippen LogP) is 3.31. The molecule has 4 heteroatoms. The summed E-state index contributed by atoms with van der Waals surface area (Å²) in [5.74, 6) is -1.37. The molecule has 2 nitrogen and oxygen atoms in total. The molecule has 0 aliphatic rings. The summed E-state index contributed by atoms with van der Waals surface area (Å²) in [4.78, 5) is 1.68. The van der Waals surface area contributed by atoms with Crippen molar-refractivity contribution in [2.24, 2.45) is 0 Å². The number of phenols is 1. The van der Waals surface area contributed by atoms with Crippen LogP contribution in [0.4, 0.5) is 14.5 Å². The number of aromatic hydroxyl groups is 1. The average molecular weight is 249 g/mol. The zero-order chi connectivity index (χ0) is 13.1. The molecule has 0 amide bonds. The van der Waals surface area contributed by atoms with E-state index in [2.05, 4.69) is 0 Å². The van der Waals surface area contributed by atoms with E-state index in [1.165, 1.54) is 18.2 Å². The van der Waals surface area contributed by atoms with E-state index in [0.717, 1.165) is 0 Å². The maximum Gasteiger partial charge on any atom is 0.165 e. The molecule has 0 aliphatic carbocycles. The highest BCUT2D eigenvalue weighted by Crippen LogP contribution is 2.21. The molecule has 94 valence electrons. The Morgan fingerprint density at radius 1 is 1.06 bits per heavy atom. The molecule has 18 heavy (non-hydrogen) atoms. The molecule has 0 aliphatic heterocycles. The van der Waals surface area contributed by atoms with Gasteiger partial charge in [0.05, 0.1) is 5.69 Å². The van der Waals surface area contributed by atoms with Gasteiger partial charge < -0.3 is 10.0 Å². The Labute approximate surface area is 104 Å². The number of para-hydroxylation sites is 1. The molecule has 0 fully saturated rings. The Morgan fingerprint density at radius 3 is 2.44 bits per heavy atom. The van der Waals surface area contributed by atoms with Crippen LogP contribution in [0.15, 0.2) is 42.5 Å². The molecule has 0 aromatic heterocycles. The lowest BCUT2D eigenvalue weighted by molar-refractivity contribution is 0.432. The van der Waals surface area contributed by atoms with Crippen molar-refractivity contribution in [3.05, 3.63) is 59.7 Å². The van der Waals surface area contributed by atoms with Gasteiger partial charge in [-0.15, -0.1) is 0 Å². The van der Waals surface area contributed by atoms with Gasteiger partial charge in [-0.3, -0.25) is 0 Å². The SMILES string of the molecule is CN(Cc1ccc(O)c(F)c1)c1ccccc1F. The van der Waals surface area contributed by atoms with Gasteiger partial charge in [-0.2, -0.15) is 0 Å². The van der Waals surface area contributed by atoms with E-state index in [-0.39, 0.29) is 11.6 Å². The fourth-order valence-corrected chi connectivity index (χ4v) is 1.77. The topological polar surface area (TPSA) is 23.5 Å². The van der Waals surface area contributed by atoms with Crippen LogP contribution < -0.4 is 4.90 Å². The van der Waals surface area contributed by atoms with Crippen LogP contribution in [-0.2, 0) is 6.54 Å². The quantitative estimate of drug-likeness (QED) is 0.902. The number of hydrogen-bond acceptors (Lipinski definition) is 2. The summed E-state index contributed by atoms with van der Waals surface area (Å²) >= 11 is 0. The molecule has 2 rings (SSSR count). The van der Waals surface area contributed by atoms with Crippen LogP contribution in [0.3, 0.4) is 0 Å². The number of halogens is 2. The molecule has 0 bridgehead atoms. The molecule has 0 unspecified atom stereocenters. The van der Waals surface area contributed by atoms with E-state index >= 15 is 0 Å². The summed E-state index contributed by atoms with van der Waals surface area (Å²) in [7, 11) is 1.73. The first-order valence-electron chi connectivity index (χ1n) is 5.51. The zero-order valence-electron chi connectivity index (χ0n) is 9.90. The molecular weight excluding hydrogens is 236 g/mol. The lowest BCUT2D eigenvalue weighted by Gasteiger charge is -2.20. The highest BCUT2D eigenvalue weighted by molar-refractivity contribution is 5.47. The fourth-order valence-electron chi connectivity index (χ4n) is 1.77. The van der Waals surface area contributed by atoms with Crippen molar-refractivity contribution < 1.29 is 13.9 Å². The van der Waals surface area contributed by atoms with Gasteiger partial charge >= 0.3 is 0 Å². The molecule has 0 atom stereocenters. The molecule has 0 radical (unpaired) electrons. The molecule has 0 spiro atoms. The Bertz CT molecular complexity index is 557. The summed E-state index contributed by atoms with van der Waals surface area (Å²) in [5.41, 5.74) is 1.11. The predicted molar refractivity (Wildman–Crippen MR) is 66.6 cm³/mol. The lowest BCUT2D eigenvalue weighted by atomic mass is 10.2. The second-order valence-corrected chi connectivity index (χ2v) is 4.09. The molecule has 2 aromatic rings. The van der Waals surface area contributed by atoms with Crippen LogP contribution in [0.1, 0.15) is 5.56 Å². The van der Waals surface area contributed by atoms with E-state index in [9.17, 15) is 8.78 Å². The number of anilines is 1. The van der Waals surface area contributed by atoms with Crippen LogP contribution in [0.25, 0.3) is 0 Å². The van der Waals surface area contributed by atoms with Crippen LogP contribution >= 0.6 is 0 Å². The van der Waals surface area contributed by atoms with Crippen molar-refractivity contribution in [2.75, 3.05) is 11.9 Å². The zero-order valence-corrected chi connectivity index (χ0v) is 9.90. The monoisotopic (exact) mass is 249 g/mol. The van der Waals surface area contributed by atoms with E-state index in [4.69, 9.17) is 5.11 Å². The molecule has 0 heterocycles. The summed E-state index contributed by atoms with van der Waals surface area (Å²) in [5, 5.41) is 9.09. The minimum atomic E-state index is -0.672. The van der Waals surface area contributed by atoms with Gasteiger partial charge in [0, 0.05) is 13.6 Å². The van der Waals surface area contributed by atoms with Crippen molar-refractivity contribution >= 4 is 5.69 Å². The third-order valence-corrected chi connectivity index (χ3v) is 2.70. The van der Waals surface area contributed by atoms with Gasteiger partial charge in [-0.25, -0.2) is 8.78 Å². The Hall–Kier alpha value is -2.10. The normalized spacial score (nSPS) is 10.4. The van der Waals surface area contributed by atoms with Crippen LogP contribution in [-0.4, -0.2) is 12.2 Å². The lowest BCUT2D eigenvalue weighted by Crippen LogP contribution is -2.17. The molecule has 0 saturated heterocycles. The number of benzene rings is 2. The Balaban J connectivity index is 2.19. The standard InChI is InChI=1S/C14H13F2NO/c1-17(13-5-3-2-4-11(13)15)9-10-6-7-14(18)12(16)8-10/h2-8,18H,9H2,1H3. The van der Waals surface area contributed by atoms with Crippen molar-refractivity contribution in [3.63, 3.8) is 0 Å². The summed E-state index contributed by atoms with van der Waals surface area (Å²) < 4.78 is 26.7. The average Bonchev–Trinajstić information content (AvgIpc) is 2.34. The first-order valence-corrected chi connectivity index (χ1v) is 5.51. The maximum absolute atomic E-state index is 13.5. The summed E-state index contributed by atoms with van der Waals surface area (Å²) in [6.45, 7) is 0.359. The van der Waals surface area contributed by atoms with Crippen LogP contribution in [0, 0.1) is 11.6 Å². The van der Waals surface area contributed by atoms with Crippen LogP contribution in [0.2, 0.25) is 0 Å². The minimum absolute atomic E-state index is 0.320. The van der Waals surface area contributed by atoms with Gasteiger partial charge in [0.2, 0.25) is 0 Å². The first-order chi connectivity index (χ1) is 8.58. The number of hydrogen-bond donors (Lipinski definition) is 1. The van der Waals surface area contributed by atoms with Crippen molar-refractivity contribution in [2.45, 2.75) is 6.54 Å². The Kier molecular flexibility index (Phi) is 3.46. The highest BCUT2D eigenvalue weighted by atomic mass is 19.1. The van der Waals surface area contributed by atoms with E-state index in [1.54, 1.807) is 36.2 Å². The molecule has 1 N–H and O–H groups in total. The summed E-state index contributed by atoms with van der Waals surface area (Å²) in [6.07, 6.45) is 0. The fraction of sp³-hybridized carbons (Fsp3) is 0.143. The van der Waals surface area contributed by atoms with Crippen LogP contribution in [0.5, 0.6) is 5.75 Å². The van der Waals surface area contributed by atoms with E-state index in [0.29, 0.717) is 17.8 Å². The van der Waals surface area contributed by atoms with Gasteiger partial charge in [-0.05, 0) is 29.8 Å². The second kappa shape index (κ2) is 5.04. The highest BCUT2D eigenvalue weighted by Gasteiger charge is 2.08. The van der Waals surface area contributed by atoms with Gasteiger partial charge in [0.25, 0.3) is 0 Å². The molecular formula is C14H13F2NO. The number of nitrogens with zero attached hydrogens (tertiary/aromatic N) is 1. The van der Waals surface area contributed by atoms with Gasteiger partial charge in [0.15, 0.2) is 11.6 Å². The number of phenolic OH excluding ortho intramolecular Hbond substituents is 1. The van der Waals surface area contributed by atoms with Crippen molar-refractivity contribution in [1.29, 1.82) is 0 Å². The number of rotatable bonds is 3. The smallest absolute Gasteiger partial charge is 0.165 e. The van der Waals surface area contributed by atoms with Gasteiger partial charge in [0.1, 0.15) is 5.82 Å². The van der Waals surface area contributed by atoms with Crippen molar-refractivity contribution in [3.8, 4) is 5.75 Å². The largest absolute Gasteiger partial charge is 0.505 e. The van der Waals surface area contributed by atoms with Crippen molar-refractivity contribution in [1.82, 2.24) is 0 Å². The second-order valence-electron chi connectivity index (χ2n) is 4.09. The third kappa shape index (κ3) is 2.59. The van der Waals surface area contributed by atoms with E-state index < -0.39 is 5.82 Å². The summed E-state index contributed by atoms with van der Waals surface area (Å²) in [6, 6.07) is 10.5. The molecule has 2 aromatic carbocycles. The van der Waals surface area contributed by atoms with E-state index in [1.807, 2.05) is 0 Å². The first kappa shape index (κ1) is 12.4. The Morgan fingerprint density at radius 2 is 1.78 bits per heavy atom. The minimum Gasteiger partial charge on any atom is -0.505 e. The third-order valence-electron chi connectivity index (χ3n) is 2.70. The maximum atomic E-state index is 13.5.